The Labute approximate surface area is 58.0 Å². The zero-order valence-electron chi connectivity index (χ0n) is 5.50. The minimum absolute atomic E-state index is 0.0925. The fourth-order valence-electron chi connectivity index (χ4n) is 0.363. The van der Waals surface area contributed by atoms with Crippen LogP contribution in [0.1, 0.15) is 6.92 Å². The van der Waals surface area contributed by atoms with Gasteiger partial charge in [0.25, 0.3) is 0 Å². The van der Waals surface area contributed by atoms with Gasteiger partial charge in [0.2, 0.25) is 12.2 Å². The molecule has 0 fully saturated rings. The molecule has 0 saturated heterocycles. The molecule has 0 aliphatic rings. The van der Waals surface area contributed by atoms with Gasteiger partial charge in [-0.25, -0.2) is 9.59 Å². The number of isocyanates is 2. The third kappa shape index (κ3) is 3.50. The Morgan fingerprint density at radius 2 is 2.20 bits per heavy atom. The van der Waals surface area contributed by atoms with Crippen molar-refractivity contribution in [1.82, 2.24) is 0 Å². The Bertz CT molecular complexity index is 220. The van der Waals surface area contributed by atoms with E-state index in [0.29, 0.717) is 5.70 Å². The molecule has 0 spiro atoms. The van der Waals surface area contributed by atoms with E-state index in [4.69, 9.17) is 0 Å². The van der Waals surface area contributed by atoms with E-state index in [0.717, 1.165) is 0 Å². The number of nitrogens with zero attached hydrogens (tertiary/aromatic N) is 2. The van der Waals surface area contributed by atoms with Crippen LogP contribution >= 0.6 is 0 Å². The van der Waals surface area contributed by atoms with E-state index < -0.39 is 0 Å². The molecular formula is C6H6N2O2. The third-order valence-corrected chi connectivity index (χ3v) is 0.828. The Morgan fingerprint density at radius 1 is 1.50 bits per heavy atom. The van der Waals surface area contributed by atoms with Crippen LogP contribution in [-0.4, -0.2) is 18.7 Å². The van der Waals surface area contributed by atoms with Crippen LogP contribution < -0.4 is 0 Å². The van der Waals surface area contributed by atoms with E-state index >= 15 is 0 Å². The largest absolute Gasteiger partial charge is 0.240 e. The molecule has 0 rings (SSSR count). The van der Waals surface area contributed by atoms with Crippen LogP contribution in [0.2, 0.25) is 0 Å². The summed E-state index contributed by atoms with van der Waals surface area (Å²) in [5.74, 6) is 0. The second kappa shape index (κ2) is 5.63. The van der Waals surface area contributed by atoms with Crippen molar-refractivity contribution in [3.8, 4) is 0 Å². The molecule has 0 aromatic heterocycles. The topological polar surface area (TPSA) is 58.9 Å². The van der Waals surface area contributed by atoms with Gasteiger partial charge in [0, 0.05) is 0 Å². The minimum Gasteiger partial charge on any atom is -0.211 e. The third-order valence-electron chi connectivity index (χ3n) is 0.828. The Balaban J connectivity index is 4.10. The molecule has 10 heavy (non-hydrogen) atoms. The molecule has 0 amide bonds. The van der Waals surface area contributed by atoms with E-state index in [1.54, 1.807) is 13.0 Å². The average Bonchev–Trinajstić information content (AvgIpc) is 1.98. The first-order chi connectivity index (χ1) is 4.85. The number of allylic oxidation sites excluding steroid dienone is 1. The molecule has 0 saturated carbocycles. The Morgan fingerprint density at radius 3 is 2.60 bits per heavy atom. The molecule has 0 aliphatic heterocycles. The van der Waals surface area contributed by atoms with Crippen molar-refractivity contribution in [3.05, 3.63) is 11.8 Å². The van der Waals surface area contributed by atoms with Crippen molar-refractivity contribution >= 4 is 12.2 Å². The van der Waals surface area contributed by atoms with Crippen molar-refractivity contribution in [1.29, 1.82) is 0 Å². The summed E-state index contributed by atoms with van der Waals surface area (Å²) >= 11 is 0. The summed E-state index contributed by atoms with van der Waals surface area (Å²) in [6.07, 6.45) is 4.25. The highest BCUT2D eigenvalue weighted by atomic mass is 16.1. The van der Waals surface area contributed by atoms with Gasteiger partial charge in [-0.15, -0.1) is 0 Å². The van der Waals surface area contributed by atoms with E-state index in [9.17, 15) is 9.59 Å². The summed E-state index contributed by atoms with van der Waals surface area (Å²) < 4.78 is 0. The monoisotopic (exact) mass is 138 g/mol. The Kier molecular flexibility index (Phi) is 4.79. The maximum Gasteiger partial charge on any atom is 0.240 e. The summed E-state index contributed by atoms with van der Waals surface area (Å²) in [6, 6.07) is 0. The lowest BCUT2D eigenvalue weighted by Crippen LogP contribution is -1.82. The van der Waals surface area contributed by atoms with Crippen molar-refractivity contribution < 1.29 is 9.59 Å². The molecule has 0 unspecified atom stereocenters. The maximum atomic E-state index is 9.66. The Hall–Kier alpha value is -1.50. The lowest BCUT2D eigenvalue weighted by Gasteiger charge is -1.86. The molecule has 0 aliphatic carbocycles. The SMILES string of the molecule is CC=C(CN=C=O)N=C=O. The number of carbonyl (C=O) groups excluding carboxylic acids is 2. The number of rotatable bonds is 3. The van der Waals surface area contributed by atoms with E-state index in [-0.39, 0.29) is 6.54 Å². The zero-order chi connectivity index (χ0) is 7.82. The summed E-state index contributed by atoms with van der Waals surface area (Å²) in [7, 11) is 0. The normalized spacial score (nSPS) is 9.50. The quantitative estimate of drug-likeness (QED) is 0.422. The van der Waals surface area contributed by atoms with Crippen LogP contribution in [-0.2, 0) is 9.59 Å². The standard InChI is InChI=1S/C6H6N2O2/c1-2-6(8-5-10)3-7-4-9/h2H,3H2,1H3. The van der Waals surface area contributed by atoms with E-state index in [1.165, 1.54) is 12.2 Å². The van der Waals surface area contributed by atoms with E-state index in [2.05, 4.69) is 9.98 Å². The van der Waals surface area contributed by atoms with Crippen molar-refractivity contribution in [3.63, 3.8) is 0 Å². The highest BCUT2D eigenvalue weighted by Gasteiger charge is 1.87. The summed E-state index contributed by atoms with van der Waals surface area (Å²) in [5.41, 5.74) is 0.415. The van der Waals surface area contributed by atoms with Gasteiger partial charge in [0.1, 0.15) is 0 Å². The first-order valence-electron chi connectivity index (χ1n) is 2.61. The predicted octanol–water partition coefficient (Wildman–Crippen LogP) is 0.562. The predicted molar refractivity (Wildman–Crippen MR) is 34.9 cm³/mol. The molecule has 0 bridgehead atoms. The van der Waals surface area contributed by atoms with Crippen LogP contribution in [0.25, 0.3) is 0 Å². The molecular weight excluding hydrogens is 132 g/mol. The number of aliphatic imine (C=N–C) groups is 2. The van der Waals surface area contributed by atoms with Crippen molar-refractivity contribution in [2.24, 2.45) is 9.98 Å². The fraction of sp³-hybridized carbons (Fsp3) is 0.333. The van der Waals surface area contributed by atoms with Crippen LogP contribution in [0.3, 0.4) is 0 Å². The molecule has 0 aromatic carbocycles. The van der Waals surface area contributed by atoms with Crippen LogP contribution in [0.15, 0.2) is 21.8 Å². The molecule has 0 radical (unpaired) electrons. The first kappa shape index (κ1) is 8.50. The summed E-state index contributed by atoms with van der Waals surface area (Å²) in [5, 5.41) is 0. The number of hydrogen-bond acceptors (Lipinski definition) is 4. The number of hydrogen-bond donors (Lipinski definition) is 0. The maximum absolute atomic E-state index is 9.66. The van der Waals surface area contributed by atoms with Gasteiger partial charge in [-0.1, -0.05) is 6.08 Å². The van der Waals surface area contributed by atoms with Gasteiger partial charge in [-0.05, 0) is 6.92 Å². The van der Waals surface area contributed by atoms with Crippen molar-refractivity contribution in [2.75, 3.05) is 6.54 Å². The van der Waals surface area contributed by atoms with Crippen molar-refractivity contribution in [2.45, 2.75) is 6.92 Å². The van der Waals surface area contributed by atoms with Gasteiger partial charge in [-0.3, -0.25) is 0 Å². The fourth-order valence-corrected chi connectivity index (χ4v) is 0.363. The molecule has 4 nitrogen and oxygen atoms in total. The first-order valence-corrected chi connectivity index (χ1v) is 2.61. The zero-order valence-corrected chi connectivity index (χ0v) is 5.50. The summed E-state index contributed by atoms with van der Waals surface area (Å²) in [6.45, 7) is 1.78. The smallest absolute Gasteiger partial charge is 0.211 e. The minimum atomic E-state index is 0.0925. The summed E-state index contributed by atoms with van der Waals surface area (Å²) in [4.78, 5) is 25.7. The second-order valence-corrected chi connectivity index (χ2v) is 1.39. The van der Waals surface area contributed by atoms with Gasteiger partial charge >= 0.3 is 0 Å². The highest BCUT2D eigenvalue weighted by molar-refractivity contribution is 5.38. The molecule has 0 N–H and O–H groups in total. The van der Waals surface area contributed by atoms with Crippen LogP contribution in [0.4, 0.5) is 0 Å². The molecule has 0 atom stereocenters. The molecule has 52 valence electrons. The molecule has 0 heterocycles. The molecule has 0 aromatic rings. The van der Waals surface area contributed by atoms with Gasteiger partial charge in [-0.2, -0.15) is 9.98 Å². The van der Waals surface area contributed by atoms with Crippen LogP contribution in [0.5, 0.6) is 0 Å². The van der Waals surface area contributed by atoms with Gasteiger partial charge in [0.05, 0.1) is 12.2 Å². The van der Waals surface area contributed by atoms with Crippen LogP contribution in [0, 0.1) is 0 Å². The second-order valence-electron chi connectivity index (χ2n) is 1.39. The lowest BCUT2D eigenvalue weighted by atomic mass is 10.4. The van der Waals surface area contributed by atoms with E-state index in [1.807, 2.05) is 0 Å². The average molecular weight is 138 g/mol. The van der Waals surface area contributed by atoms with Gasteiger partial charge < -0.3 is 0 Å². The lowest BCUT2D eigenvalue weighted by molar-refractivity contribution is 0.561. The van der Waals surface area contributed by atoms with Gasteiger partial charge in [0.15, 0.2) is 0 Å². The highest BCUT2D eigenvalue weighted by Crippen LogP contribution is 1.93. The molecule has 4 heteroatoms.